The lowest BCUT2D eigenvalue weighted by Crippen LogP contribution is -2.11. The molecule has 5 heteroatoms. The molecule has 0 unspecified atom stereocenters. The molecule has 1 aromatic heterocycles. The average Bonchev–Trinajstić information content (AvgIpc) is 2.77. The van der Waals surface area contributed by atoms with Crippen LogP contribution in [-0.2, 0) is 0 Å². The van der Waals surface area contributed by atoms with Gasteiger partial charge in [-0.25, -0.2) is 0 Å². The van der Waals surface area contributed by atoms with Crippen molar-refractivity contribution in [3.05, 3.63) is 47.2 Å². The Morgan fingerprint density at radius 2 is 2.22 bits per heavy atom. The molecule has 2 rings (SSSR count). The molecule has 0 aliphatic heterocycles. The number of carbonyl (C=O) groups excluding carboxylic acids is 1. The predicted octanol–water partition coefficient (Wildman–Crippen LogP) is 3.37. The zero-order chi connectivity index (χ0) is 13.1. The highest BCUT2D eigenvalue weighted by molar-refractivity contribution is 6.31. The van der Waals surface area contributed by atoms with Gasteiger partial charge in [0.05, 0.1) is 11.9 Å². The molecule has 94 valence electrons. The van der Waals surface area contributed by atoms with Crippen molar-refractivity contribution < 1.29 is 4.79 Å². The topological polar surface area (TPSA) is 46.9 Å². The lowest BCUT2D eigenvalue weighted by atomic mass is 10.2. The average molecular weight is 264 g/mol. The molecule has 0 aliphatic rings. The molecule has 0 bridgehead atoms. The first-order valence-electron chi connectivity index (χ1n) is 5.67. The number of nitrogens with zero attached hydrogens (tertiary/aromatic N) is 2. The molecule has 4 nitrogen and oxygen atoms in total. The van der Waals surface area contributed by atoms with E-state index in [-0.39, 0.29) is 11.9 Å². The van der Waals surface area contributed by atoms with Crippen molar-refractivity contribution in [2.75, 3.05) is 5.32 Å². The Labute approximate surface area is 111 Å². The minimum absolute atomic E-state index is 0.194. The molecule has 0 aliphatic carbocycles. The highest BCUT2D eigenvalue weighted by Crippen LogP contribution is 2.14. The largest absolute Gasteiger partial charge is 0.319 e. The Kier molecular flexibility index (Phi) is 3.67. The molecule has 0 saturated carbocycles. The number of aromatic nitrogens is 2. The van der Waals surface area contributed by atoms with Crippen molar-refractivity contribution >= 4 is 23.2 Å². The SMILES string of the molecule is CC(C)n1cc(NC(=O)c2cccc(Cl)c2)cn1. The molecule has 0 saturated heterocycles. The normalized spacial score (nSPS) is 10.7. The predicted molar refractivity (Wildman–Crippen MR) is 72.0 cm³/mol. The Balaban J connectivity index is 2.11. The minimum atomic E-state index is -0.194. The summed E-state index contributed by atoms with van der Waals surface area (Å²) in [6, 6.07) is 7.09. The van der Waals surface area contributed by atoms with Crippen LogP contribution in [0.4, 0.5) is 5.69 Å². The fourth-order valence-electron chi connectivity index (χ4n) is 1.52. The van der Waals surface area contributed by atoms with E-state index < -0.39 is 0 Å². The monoisotopic (exact) mass is 263 g/mol. The number of carbonyl (C=O) groups is 1. The van der Waals surface area contributed by atoms with E-state index in [1.54, 1.807) is 41.3 Å². The van der Waals surface area contributed by atoms with Crippen LogP contribution < -0.4 is 5.32 Å². The number of anilines is 1. The molecule has 1 amide bonds. The van der Waals surface area contributed by atoms with Crippen molar-refractivity contribution in [2.24, 2.45) is 0 Å². The van der Waals surface area contributed by atoms with E-state index in [0.29, 0.717) is 16.3 Å². The molecular weight excluding hydrogens is 250 g/mol. The van der Waals surface area contributed by atoms with E-state index in [9.17, 15) is 4.79 Å². The molecule has 0 radical (unpaired) electrons. The Bertz CT molecular complexity index is 563. The molecule has 1 N–H and O–H groups in total. The number of hydrogen-bond donors (Lipinski definition) is 1. The Morgan fingerprint density at radius 3 is 2.83 bits per heavy atom. The van der Waals surface area contributed by atoms with Gasteiger partial charge in [0.25, 0.3) is 5.91 Å². The maximum Gasteiger partial charge on any atom is 0.255 e. The summed E-state index contributed by atoms with van der Waals surface area (Å²) in [6.45, 7) is 4.05. The van der Waals surface area contributed by atoms with Gasteiger partial charge in [0.2, 0.25) is 0 Å². The quantitative estimate of drug-likeness (QED) is 0.923. The van der Waals surface area contributed by atoms with Crippen LogP contribution in [0, 0.1) is 0 Å². The molecule has 2 aromatic rings. The first-order chi connectivity index (χ1) is 8.56. The van der Waals surface area contributed by atoms with Gasteiger partial charge in [-0.1, -0.05) is 17.7 Å². The number of benzene rings is 1. The van der Waals surface area contributed by atoms with Crippen LogP contribution in [-0.4, -0.2) is 15.7 Å². The Hall–Kier alpha value is -1.81. The van der Waals surface area contributed by atoms with Crippen molar-refractivity contribution in [1.29, 1.82) is 0 Å². The van der Waals surface area contributed by atoms with Gasteiger partial charge in [0.1, 0.15) is 0 Å². The highest BCUT2D eigenvalue weighted by atomic mass is 35.5. The van der Waals surface area contributed by atoms with Gasteiger partial charge < -0.3 is 5.32 Å². The molecule has 18 heavy (non-hydrogen) atoms. The van der Waals surface area contributed by atoms with Crippen LogP contribution in [0.2, 0.25) is 5.02 Å². The molecule has 1 heterocycles. The van der Waals surface area contributed by atoms with Gasteiger partial charge in [0, 0.05) is 22.8 Å². The van der Waals surface area contributed by atoms with E-state index in [1.807, 2.05) is 13.8 Å². The summed E-state index contributed by atoms with van der Waals surface area (Å²) >= 11 is 5.84. The number of hydrogen-bond acceptors (Lipinski definition) is 2. The molecular formula is C13H14ClN3O. The summed E-state index contributed by atoms with van der Waals surface area (Å²) in [5.41, 5.74) is 1.20. The van der Waals surface area contributed by atoms with Crippen molar-refractivity contribution in [3.8, 4) is 0 Å². The smallest absolute Gasteiger partial charge is 0.255 e. The van der Waals surface area contributed by atoms with Gasteiger partial charge in [0.15, 0.2) is 0 Å². The number of amides is 1. The third-order valence-corrected chi connectivity index (χ3v) is 2.71. The zero-order valence-corrected chi connectivity index (χ0v) is 11.0. The summed E-state index contributed by atoms with van der Waals surface area (Å²) in [5, 5.41) is 7.48. The summed E-state index contributed by atoms with van der Waals surface area (Å²) in [7, 11) is 0. The first-order valence-corrected chi connectivity index (χ1v) is 6.05. The van der Waals surface area contributed by atoms with E-state index in [0.717, 1.165) is 0 Å². The van der Waals surface area contributed by atoms with E-state index >= 15 is 0 Å². The van der Waals surface area contributed by atoms with Crippen LogP contribution in [0.1, 0.15) is 30.2 Å². The standard InChI is InChI=1S/C13H14ClN3O/c1-9(2)17-8-12(7-15-17)16-13(18)10-4-3-5-11(14)6-10/h3-9H,1-2H3,(H,16,18). The summed E-state index contributed by atoms with van der Waals surface area (Å²) in [6.07, 6.45) is 3.43. The lowest BCUT2D eigenvalue weighted by Gasteiger charge is -2.04. The minimum Gasteiger partial charge on any atom is -0.319 e. The van der Waals surface area contributed by atoms with Gasteiger partial charge in [-0.2, -0.15) is 5.10 Å². The maximum atomic E-state index is 11.9. The lowest BCUT2D eigenvalue weighted by molar-refractivity contribution is 0.102. The van der Waals surface area contributed by atoms with Gasteiger partial charge >= 0.3 is 0 Å². The fourth-order valence-corrected chi connectivity index (χ4v) is 1.71. The fraction of sp³-hybridized carbons (Fsp3) is 0.231. The van der Waals surface area contributed by atoms with Crippen LogP contribution in [0.3, 0.4) is 0 Å². The second-order valence-electron chi connectivity index (χ2n) is 4.27. The number of halogens is 1. The number of nitrogens with one attached hydrogen (secondary N) is 1. The van der Waals surface area contributed by atoms with Crippen molar-refractivity contribution in [2.45, 2.75) is 19.9 Å². The Morgan fingerprint density at radius 1 is 1.44 bits per heavy atom. The van der Waals surface area contributed by atoms with E-state index in [4.69, 9.17) is 11.6 Å². The molecule has 1 aromatic carbocycles. The van der Waals surface area contributed by atoms with E-state index in [2.05, 4.69) is 10.4 Å². The van der Waals surface area contributed by atoms with Crippen LogP contribution in [0.25, 0.3) is 0 Å². The molecule has 0 atom stereocenters. The maximum absolute atomic E-state index is 11.9. The van der Waals surface area contributed by atoms with Gasteiger partial charge in [-0.15, -0.1) is 0 Å². The van der Waals surface area contributed by atoms with Crippen LogP contribution in [0.5, 0.6) is 0 Å². The first kappa shape index (κ1) is 12.6. The second-order valence-corrected chi connectivity index (χ2v) is 4.70. The molecule has 0 fully saturated rings. The van der Waals surface area contributed by atoms with E-state index in [1.165, 1.54) is 0 Å². The molecule has 0 spiro atoms. The van der Waals surface area contributed by atoms with Crippen LogP contribution in [0.15, 0.2) is 36.7 Å². The summed E-state index contributed by atoms with van der Waals surface area (Å²) < 4.78 is 1.79. The van der Waals surface area contributed by atoms with Gasteiger partial charge in [-0.05, 0) is 32.0 Å². The third kappa shape index (κ3) is 2.90. The summed E-state index contributed by atoms with van der Waals surface area (Å²) in [4.78, 5) is 11.9. The van der Waals surface area contributed by atoms with Gasteiger partial charge in [-0.3, -0.25) is 9.48 Å². The highest BCUT2D eigenvalue weighted by Gasteiger charge is 2.08. The van der Waals surface area contributed by atoms with Crippen molar-refractivity contribution in [1.82, 2.24) is 9.78 Å². The number of rotatable bonds is 3. The summed E-state index contributed by atoms with van der Waals surface area (Å²) in [5.74, 6) is -0.194. The zero-order valence-electron chi connectivity index (χ0n) is 10.2. The third-order valence-electron chi connectivity index (χ3n) is 2.48. The van der Waals surface area contributed by atoms with Crippen molar-refractivity contribution in [3.63, 3.8) is 0 Å². The van der Waals surface area contributed by atoms with Crippen LogP contribution >= 0.6 is 11.6 Å². The second kappa shape index (κ2) is 5.23.